The smallest absolute Gasteiger partial charge is 0.224 e. The Balaban J connectivity index is 2.13. The van der Waals surface area contributed by atoms with Gasteiger partial charge in [0, 0.05) is 37.6 Å². The topological polar surface area (TPSA) is 50.4 Å². The molecule has 0 spiro atoms. The van der Waals surface area contributed by atoms with Crippen LogP contribution in [0.2, 0.25) is 0 Å². The average Bonchev–Trinajstić information content (AvgIpc) is 2.54. The summed E-state index contributed by atoms with van der Waals surface area (Å²) in [6.07, 6.45) is 1.91. The van der Waals surface area contributed by atoms with Gasteiger partial charge in [0.2, 0.25) is 5.91 Å². The third-order valence-corrected chi connectivity index (χ3v) is 4.73. The number of carbonyl (C=O) groups excluding carboxylic acids is 1. The fourth-order valence-corrected chi connectivity index (χ4v) is 3.30. The summed E-state index contributed by atoms with van der Waals surface area (Å²) in [6, 6.07) is 8.51. The van der Waals surface area contributed by atoms with Gasteiger partial charge in [0.15, 0.2) is 0 Å². The van der Waals surface area contributed by atoms with Crippen molar-refractivity contribution in [1.29, 1.82) is 0 Å². The largest absolute Gasteiger partial charge is 0.381 e. The van der Waals surface area contributed by atoms with Crippen LogP contribution in [-0.2, 0) is 14.9 Å². The molecule has 0 saturated carbocycles. The fraction of sp³-hybridized carbons (Fsp3) is 0.611. The molecule has 1 heterocycles. The number of hydrogen-bond donors (Lipinski definition) is 2. The minimum absolute atomic E-state index is 0.00137. The van der Waals surface area contributed by atoms with Gasteiger partial charge >= 0.3 is 0 Å². The Labute approximate surface area is 133 Å². The number of benzene rings is 1. The van der Waals surface area contributed by atoms with E-state index in [0.717, 1.165) is 26.1 Å². The molecule has 4 heteroatoms. The number of ether oxygens (including phenoxy) is 1. The minimum atomic E-state index is -0.0150. The first-order valence-corrected chi connectivity index (χ1v) is 8.15. The van der Waals surface area contributed by atoms with Crippen LogP contribution in [0, 0.1) is 12.8 Å². The molecule has 1 atom stereocenters. The molecule has 1 aromatic carbocycles. The number of amides is 1. The average molecular weight is 304 g/mol. The van der Waals surface area contributed by atoms with Crippen molar-refractivity contribution in [1.82, 2.24) is 10.6 Å². The molecule has 122 valence electrons. The van der Waals surface area contributed by atoms with Crippen molar-refractivity contribution in [3.05, 3.63) is 35.4 Å². The molecule has 22 heavy (non-hydrogen) atoms. The van der Waals surface area contributed by atoms with Gasteiger partial charge in [-0.2, -0.15) is 0 Å². The Kier molecular flexibility index (Phi) is 5.98. The third-order valence-electron chi connectivity index (χ3n) is 4.73. The molecular formula is C18H28N2O2. The van der Waals surface area contributed by atoms with Crippen LogP contribution in [0.3, 0.4) is 0 Å². The lowest BCUT2D eigenvalue weighted by Crippen LogP contribution is -2.47. The van der Waals surface area contributed by atoms with Gasteiger partial charge in [-0.15, -0.1) is 0 Å². The summed E-state index contributed by atoms with van der Waals surface area (Å²) in [7, 11) is 1.87. The minimum Gasteiger partial charge on any atom is -0.381 e. The zero-order valence-corrected chi connectivity index (χ0v) is 13.9. The molecule has 0 bridgehead atoms. The maximum atomic E-state index is 12.3. The molecule has 1 aliphatic rings. The molecular weight excluding hydrogens is 276 g/mol. The van der Waals surface area contributed by atoms with Crippen LogP contribution < -0.4 is 10.6 Å². The molecule has 0 aromatic heterocycles. The van der Waals surface area contributed by atoms with Gasteiger partial charge < -0.3 is 15.4 Å². The predicted octanol–water partition coefficient (Wildman–Crippen LogP) is 2.01. The van der Waals surface area contributed by atoms with Crippen molar-refractivity contribution in [2.75, 3.05) is 33.4 Å². The van der Waals surface area contributed by atoms with Gasteiger partial charge in [-0.25, -0.2) is 0 Å². The molecule has 2 rings (SSSR count). The maximum absolute atomic E-state index is 12.3. The summed E-state index contributed by atoms with van der Waals surface area (Å²) in [5.74, 6) is 0.104. The number of rotatable bonds is 6. The van der Waals surface area contributed by atoms with Crippen molar-refractivity contribution < 1.29 is 9.53 Å². The normalized spacial score (nSPS) is 18.7. The van der Waals surface area contributed by atoms with Gasteiger partial charge in [-0.05, 0) is 37.9 Å². The zero-order chi connectivity index (χ0) is 16.0. The van der Waals surface area contributed by atoms with E-state index < -0.39 is 0 Å². The number of aryl methyl sites for hydroxylation is 1. The van der Waals surface area contributed by atoms with Crippen LogP contribution in [0.5, 0.6) is 0 Å². The van der Waals surface area contributed by atoms with E-state index in [0.29, 0.717) is 13.1 Å². The van der Waals surface area contributed by atoms with Crippen LogP contribution >= 0.6 is 0 Å². The number of hydrogen-bond acceptors (Lipinski definition) is 3. The van der Waals surface area contributed by atoms with E-state index in [1.54, 1.807) is 0 Å². The predicted molar refractivity (Wildman–Crippen MR) is 89.0 cm³/mol. The van der Waals surface area contributed by atoms with Crippen LogP contribution in [0.1, 0.15) is 30.9 Å². The Hall–Kier alpha value is -1.39. The second-order valence-corrected chi connectivity index (χ2v) is 6.38. The van der Waals surface area contributed by atoms with Crippen LogP contribution in [0.25, 0.3) is 0 Å². The van der Waals surface area contributed by atoms with E-state index in [2.05, 4.69) is 41.8 Å². The Bertz CT molecular complexity index is 496. The highest BCUT2D eigenvalue weighted by atomic mass is 16.5. The van der Waals surface area contributed by atoms with E-state index in [1.807, 2.05) is 14.0 Å². The van der Waals surface area contributed by atoms with Crippen LogP contribution in [0.15, 0.2) is 24.3 Å². The molecule has 1 fully saturated rings. The summed E-state index contributed by atoms with van der Waals surface area (Å²) in [4.78, 5) is 12.3. The number of carbonyl (C=O) groups is 1. The molecule has 1 amide bonds. The lowest BCUT2D eigenvalue weighted by molar-refractivity contribution is -0.124. The molecule has 2 N–H and O–H groups in total. The molecule has 1 aromatic rings. The van der Waals surface area contributed by atoms with Crippen molar-refractivity contribution in [2.45, 2.75) is 32.1 Å². The summed E-state index contributed by atoms with van der Waals surface area (Å²) in [5, 5.41) is 6.22. The van der Waals surface area contributed by atoms with Gasteiger partial charge in [-0.1, -0.05) is 31.2 Å². The Morgan fingerprint density at radius 1 is 1.32 bits per heavy atom. The van der Waals surface area contributed by atoms with Crippen molar-refractivity contribution in [3.8, 4) is 0 Å². The van der Waals surface area contributed by atoms with Crippen molar-refractivity contribution in [2.24, 2.45) is 5.92 Å². The van der Waals surface area contributed by atoms with E-state index in [-0.39, 0.29) is 17.2 Å². The van der Waals surface area contributed by atoms with Crippen molar-refractivity contribution >= 4 is 5.91 Å². The molecule has 4 nitrogen and oxygen atoms in total. The summed E-state index contributed by atoms with van der Waals surface area (Å²) in [5.41, 5.74) is 2.64. The molecule has 1 aliphatic heterocycles. The molecule has 0 radical (unpaired) electrons. The van der Waals surface area contributed by atoms with E-state index in [4.69, 9.17) is 4.74 Å². The highest BCUT2D eigenvalue weighted by molar-refractivity contribution is 5.78. The zero-order valence-electron chi connectivity index (χ0n) is 13.9. The molecule has 1 unspecified atom stereocenters. The van der Waals surface area contributed by atoms with Gasteiger partial charge in [-0.3, -0.25) is 4.79 Å². The first-order valence-electron chi connectivity index (χ1n) is 8.15. The lowest BCUT2D eigenvalue weighted by Gasteiger charge is -2.39. The van der Waals surface area contributed by atoms with Gasteiger partial charge in [0.05, 0.1) is 0 Å². The molecule has 1 saturated heterocycles. The summed E-state index contributed by atoms with van der Waals surface area (Å²) in [6.45, 7) is 7.02. The standard InChI is InChI=1S/C18H28N2O2/c1-14-6-4-5-7-16(14)18(8-10-22-11-9-18)13-20-17(21)15(2)12-19-3/h4-7,15,19H,8-13H2,1-3H3,(H,20,21). The highest BCUT2D eigenvalue weighted by Crippen LogP contribution is 2.36. The van der Waals surface area contributed by atoms with Crippen LogP contribution in [-0.4, -0.2) is 39.3 Å². The third kappa shape index (κ3) is 3.87. The fourth-order valence-electron chi connectivity index (χ4n) is 3.30. The Morgan fingerprint density at radius 2 is 2.00 bits per heavy atom. The number of nitrogens with one attached hydrogen (secondary N) is 2. The van der Waals surface area contributed by atoms with Gasteiger partial charge in [0.1, 0.15) is 0 Å². The monoisotopic (exact) mass is 304 g/mol. The lowest BCUT2D eigenvalue weighted by atomic mass is 9.72. The quantitative estimate of drug-likeness (QED) is 0.845. The summed E-state index contributed by atoms with van der Waals surface area (Å²) < 4.78 is 5.56. The second-order valence-electron chi connectivity index (χ2n) is 6.38. The first-order chi connectivity index (χ1) is 10.6. The first kappa shape index (κ1) is 17.0. The van der Waals surface area contributed by atoms with Crippen LogP contribution in [0.4, 0.5) is 0 Å². The molecule has 0 aliphatic carbocycles. The Morgan fingerprint density at radius 3 is 2.64 bits per heavy atom. The van der Waals surface area contributed by atoms with E-state index in [9.17, 15) is 4.79 Å². The van der Waals surface area contributed by atoms with Gasteiger partial charge in [0.25, 0.3) is 0 Å². The SMILES string of the molecule is CNCC(C)C(=O)NCC1(c2ccccc2C)CCOCC1. The van der Waals surface area contributed by atoms with E-state index >= 15 is 0 Å². The van der Waals surface area contributed by atoms with Crippen molar-refractivity contribution in [3.63, 3.8) is 0 Å². The maximum Gasteiger partial charge on any atom is 0.224 e. The van der Waals surface area contributed by atoms with E-state index in [1.165, 1.54) is 11.1 Å². The summed E-state index contributed by atoms with van der Waals surface area (Å²) >= 11 is 0. The highest BCUT2D eigenvalue weighted by Gasteiger charge is 2.36. The second kappa shape index (κ2) is 7.75.